The summed E-state index contributed by atoms with van der Waals surface area (Å²) in [6, 6.07) is 15.0. The Labute approximate surface area is 144 Å². The number of pyridine rings is 2. The van der Waals surface area contributed by atoms with Gasteiger partial charge in [-0.2, -0.15) is 0 Å². The van der Waals surface area contributed by atoms with E-state index in [0.717, 1.165) is 33.2 Å². The SMILES string of the molecule is Cc1cc(N=Nc2ccc(O)c3nccc(C)c23)c2ccccc2n1. The van der Waals surface area contributed by atoms with E-state index in [1.807, 2.05) is 50.2 Å². The minimum Gasteiger partial charge on any atom is -0.506 e. The standard InChI is InChI=1S/C20H16N4O/c1-12-9-10-21-20-18(25)8-7-16(19(12)20)23-24-17-11-13(2)22-15-6-4-3-5-14(15)17/h3-11,25H,1-2H3. The second kappa shape index (κ2) is 5.94. The van der Waals surface area contributed by atoms with Crippen molar-refractivity contribution < 1.29 is 5.11 Å². The molecule has 0 spiro atoms. The molecule has 0 unspecified atom stereocenters. The number of phenols is 1. The molecule has 4 aromatic rings. The largest absolute Gasteiger partial charge is 0.506 e. The maximum absolute atomic E-state index is 10.0. The molecule has 0 aliphatic rings. The first-order valence-corrected chi connectivity index (χ1v) is 7.99. The Morgan fingerprint density at radius 1 is 0.920 bits per heavy atom. The van der Waals surface area contributed by atoms with Crippen LogP contribution >= 0.6 is 0 Å². The normalized spacial score (nSPS) is 11.6. The number of aryl methyl sites for hydroxylation is 2. The van der Waals surface area contributed by atoms with Crippen molar-refractivity contribution >= 4 is 33.2 Å². The first-order valence-electron chi connectivity index (χ1n) is 7.99. The van der Waals surface area contributed by atoms with Crippen molar-refractivity contribution in [3.05, 3.63) is 66.0 Å². The van der Waals surface area contributed by atoms with Crippen LogP contribution in [0.15, 0.2) is 65.0 Å². The lowest BCUT2D eigenvalue weighted by atomic mass is 10.1. The number of phenolic OH excluding ortho intramolecular Hbond substituents is 1. The lowest BCUT2D eigenvalue weighted by Gasteiger charge is -2.06. The third-order valence-electron chi connectivity index (χ3n) is 4.15. The minimum atomic E-state index is 0.142. The predicted molar refractivity (Wildman–Crippen MR) is 98.8 cm³/mol. The Balaban J connectivity index is 1.89. The van der Waals surface area contributed by atoms with Crippen LogP contribution in [0, 0.1) is 13.8 Å². The van der Waals surface area contributed by atoms with E-state index in [1.165, 1.54) is 0 Å². The molecule has 0 saturated carbocycles. The molecule has 0 atom stereocenters. The van der Waals surface area contributed by atoms with Crippen molar-refractivity contribution in [2.45, 2.75) is 13.8 Å². The van der Waals surface area contributed by atoms with E-state index in [4.69, 9.17) is 0 Å². The van der Waals surface area contributed by atoms with Gasteiger partial charge in [-0.25, -0.2) is 0 Å². The zero-order valence-corrected chi connectivity index (χ0v) is 13.9. The number of hydrogen-bond acceptors (Lipinski definition) is 5. The molecule has 4 rings (SSSR count). The van der Waals surface area contributed by atoms with Crippen LogP contribution < -0.4 is 0 Å². The van der Waals surface area contributed by atoms with Crippen LogP contribution in [0.3, 0.4) is 0 Å². The molecule has 2 aromatic heterocycles. The van der Waals surface area contributed by atoms with Crippen molar-refractivity contribution in [1.29, 1.82) is 0 Å². The van der Waals surface area contributed by atoms with Crippen LogP contribution in [0.1, 0.15) is 11.3 Å². The first kappa shape index (κ1) is 15.2. The molecule has 1 N–H and O–H groups in total. The molecule has 0 fully saturated rings. The highest BCUT2D eigenvalue weighted by atomic mass is 16.3. The van der Waals surface area contributed by atoms with Gasteiger partial charge in [0.25, 0.3) is 0 Å². The average molecular weight is 328 g/mol. The molecule has 0 saturated heterocycles. The number of nitrogens with zero attached hydrogens (tertiary/aromatic N) is 4. The van der Waals surface area contributed by atoms with Crippen LogP contribution in [-0.4, -0.2) is 15.1 Å². The summed E-state index contributed by atoms with van der Waals surface area (Å²) < 4.78 is 0. The van der Waals surface area contributed by atoms with Crippen molar-refractivity contribution in [1.82, 2.24) is 9.97 Å². The molecule has 0 aliphatic carbocycles. The quantitative estimate of drug-likeness (QED) is 0.492. The first-order chi connectivity index (χ1) is 12.1. The maximum Gasteiger partial charge on any atom is 0.141 e. The second-order valence-corrected chi connectivity index (χ2v) is 5.96. The summed E-state index contributed by atoms with van der Waals surface area (Å²) in [6.07, 6.45) is 1.68. The number of rotatable bonds is 2. The van der Waals surface area contributed by atoms with Gasteiger partial charge >= 0.3 is 0 Å². The van der Waals surface area contributed by atoms with Gasteiger partial charge in [0.2, 0.25) is 0 Å². The number of hydrogen-bond donors (Lipinski definition) is 1. The van der Waals surface area contributed by atoms with Gasteiger partial charge in [0, 0.05) is 22.7 Å². The lowest BCUT2D eigenvalue weighted by molar-refractivity contribution is 0.480. The molecule has 0 radical (unpaired) electrons. The van der Waals surface area contributed by atoms with Crippen LogP contribution in [0.4, 0.5) is 11.4 Å². The van der Waals surface area contributed by atoms with Gasteiger partial charge in [0.1, 0.15) is 11.3 Å². The topological polar surface area (TPSA) is 70.7 Å². The molecule has 0 amide bonds. The minimum absolute atomic E-state index is 0.142. The summed E-state index contributed by atoms with van der Waals surface area (Å²) in [6.45, 7) is 3.91. The Bertz CT molecular complexity index is 1140. The molecule has 25 heavy (non-hydrogen) atoms. The van der Waals surface area contributed by atoms with Crippen LogP contribution in [0.2, 0.25) is 0 Å². The maximum atomic E-state index is 10.0. The average Bonchev–Trinajstić information content (AvgIpc) is 2.61. The van der Waals surface area contributed by atoms with Crippen molar-refractivity contribution in [3.8, 4) is 5.75 Å². The van der Waals surface area contributed by atoms with Crippen LogP contribution in [0.25, 0.3) is 21.8 Å². The number of azo groups is 1. The summed E-state index contributed by atoms with van der Waals surface area (Å²) in [5.74, 6) is 0.142. The third kappa shape index (κ3) is 2.70. The molecule has 5 nitrogen and oxygen atoms in total. The number of para-hydroxylation sites is 1. The fraction of sp³-hybridized carbons (Fsp3) is 0.100. The monoisotopic (exact) mass is 328 g/mol. The number of fused-ring (bicyclic) bond motifs is 2. The van der Waals surface area contributed by atoms with Gasteiger partial charge < -0.3 is 5.11 Å². The third-order valence-corrected chi connectivity index (χ3v) is 4.15. The number of aromatic hydroxyl groups is 1. The Hall–Kier alpha value is -3.34. The smallest absolute Gasteiger partial charge is 0.141 e. The zero-order valence-electron chi connectivity index (χ0n) is 13.9. The zero-order chi connectivity index (χ0) is 17.4. The fourth-order valence-electron chi connectivity index (χ4n) is 2.96. The van der Waals surface area contributed by atoms with Crippen LogP contribution in [-0.2, 0) is 0 Å². The number of aromatic nitrogens is 2. The van der Waals surface area contributed by atoms with E-state index in [1.54, 1.807) is 18.3 Å². The lowest BCUT2D eigenvalue weighted by Crippen LogP contribution is -1.85. The van der Waals surface area contributed by atoms with E-state index in [9.17, 15) is 5.11 Å². The van der Waals surface area contributed by atoms with Gasteiger partial charge in [-0.3, -0.25) is 9.97 Å². The molecule has 5 heteroatoms. The Kier molecular flexibility index (Phi) is 3.61. The Morgan fingerprint density at radius 3 is 2.60 bits per heavy atom. The van der Waals surface area contributed by atoms with Gasteiger partial charge in [-0.05, 0) is 49.7 Å². The summed E-state index contributed by atoms with van der Waals surface area (Å²) in [4.78, 5) is 8.78. The molecule has 2 aromatic carbocycles. The van der Waals surface area contributed by atoms with Crippen molar-refractivity contribution in [3.63, 3.8) is 0 Å². The highest BCUT2D eigenvalue weighted by Gasteiger charge is 2.09. The number of benzene rings is 2. The van der Waals surface area contributed by atoms with Crippen LogP contribution in [0.5, 0.6) is 5.75 Å². The highest BCUT2D eigenvalue weighted by molar-refractivity contribution is 5.96. The molecule has 2 heterocycles. The van der Waals surface area contributed by atoms with E-state index >= 15 is 0 Å². The summed E-state index contributed by atoms with van der Waals surface area (Å²) >= 11 is 0. The fourth-order valence-corrected chi connectivity index (χ4v) is 2.96. The molecular weight excluding hydrogens is 312 g/mol. The Morgan fingerprint density at radius 2 is 1.72 bits per heavy atom. The second-order valence-electron chi connectivity index (χ2n) is 5.96. The van der Waals surface area contributed by atoms with Gasteiger partial charge in [-0.1, -0.05) is 18.2 Å². The van der Waals surface area contributed by atoms with Gasteiger partial charge in [0.15, 0.2) is 0 Å². The van der Waals surface area contributed by atoms with E-state index < -0.39 is 0 Å². The molecule has 0 aliphatic heterocycles. The van der Waals surface area contributed by atoms with Gasteiger partial charge in [0.05, 0.1) is 16.9 Å². The highest BCUT2D eigenvalue weighted by Crippen LogP contribution is 2.35. The van der Waals surface area contributed by atoms with E-state index in [0.29, 0.717) is 11.2 Å². The van der Waals surface area contributed by atoms with E-state index in [-0.39, 0.29) is 5.75 Å². The summed E-state index contributed by atoms with van der Waals surface area (Å²) in [7, 11) is 0. The van der Waals surface area contributed by atoms with Gasteiger partial charge in [-0.15, -0.1) is 10.2 Å². The molecule has 122 valence electrons. The van der Waals surface area contributed by atoms with Crippen molar-refractivity contribution in [2.75, 3.05) is 0 Å². The molecule has 0 bridgehead atoms. The summed E-state index contributed by atoms with van der Waals surface area (Å²) in [5, 5.41) is 20.7. The predicted octanol–water partition coefficient (Wildman–Crippen LogP) is 5.52. The van der Waals surface area contributed by atoms with Crippen molar-refractivity contribution in [2.24, 2.45) is 10.2 Å². The summed E-state index contributed by atoms with van der Waals surface area (Å²) in [5.41, 5.74) is 4.76. The molecular formula is C20H16N4O. The van der Waals surface area contributed by atoms with E-state index in [2.05, 4.69) is 20.2 Å².